The Labute approximate surface area is 234 Å². The largest absolute Gasteiger partial charge is 0.416 e. The van der Waals surface area contributed by atoms with Gasteiger partial charge in [-0.15, -0.1) is 0 Å². The number of aliphatic hydroxyl groups is 1. The van der Waals surface area contributed by atoms with Gasteiger partial charge in [0.15, 0.2) is 0 Å². The number of carbonyl (C=O) groups is 1. The van der Waals surface area contributed by atoms with E-state index in [1.54, 1.807) is 19.9 Å². The SMILES string of the molecule is Cc1ccc2c(=O)n(C[C@@H](C)CO)c(C(=O)NCc3cc(C(F)(F)F)cc(C(F)(F)F)c3)c(-c3ccc(F)cc3)c2n1. The van der Waals surface area contributed by atoms with Crippen LogP contribution in [0.5, 0.6) is 0 Å². The molecule has 2 N–H and O–H groups in total. The Morgan fingerprint density at radius 3 is 2.12 bits per heavy atom. The molecule has 0 spiro atoms. The first-order chi connectivity index (χ1) is 19.6. The molecule has 13 heteroatoms. The van der Waals surface area contributed by atoms with Crippen LogP contribution in [0.2, 0.25) is 0 Å². The summed E-state index contributed by atoms with van der Waals surface area (Å²) >= 11 is 0. The molecule has 1 amide bonds. The zero-order valence-corrected chi connectivity index (χ0v) is 22.2. The molecule has 0 unspecified atom stereocenters. The van der Waals surface area contributed by atoms with Gasteiger partial charge in [0, 0.05) is 31.0 Å². The third-order valence-electron chi connectivity index (χ3n) is 6.51. The van der Waals surface area contributed by atoms with Crippen LogP contribution in [0.3, 0.4) is 0 Å². The minimum Gasteiger partial charge on any atom is -0.396 e. The van der Waals surface area contributed by atoms with Crippen molar-refractivity contribution < 1.29 is 40.6 Å². The molecule has 6 nitrogen and oxygen atoms in total. The lowest BCUT2D eigenvalue weighted by Crippen LogP contribution is -2.35. The van der Waals surface area contributed by atoms with Gasteiger partial charge in [-0.05, 0) is 66.4 Å². The second-order valence-electron chi connectivity index (χ2n) is 9.88. The molecule has 2 aromatic carbocycles. The summed E-state index contributed by atoms with van der Waals surface area (Å²) in [7, 11) is 0. The Bertz CT molecular complexity index is 1660. The van der Waals surface area contributed by atoms with Gasteiger partial charge in [-0.25, -0.2) is 4.39 Å². The van der Waals surface area contributed by atoms with Crippen molar-refractivity contribution >= 4 is 16.8 Å². The van der Waals surface area contributed by atoms with Crippen LogP contribution in [-0.2, 0) is 25.4 Å². The summed E-state index contributed by atoms with van der Waals surface area (Å²) in [5.41, 5.74) is -3.62. The fourth-order valence-corrected chi connectivity index (χ4v) is 4.47. The maximum atomic E-state index is 13.8. The van der Waals surface area contributed by atoms with Gasteiger partial charge >= 0.3 is 12.4 Å². The molecule has 2 heterocycles. The van der Waals surface area contributed by atoms with Crippen molar-refractivity contribution in [2.45, 2.75) is 39.3 Å². The molecule has 0 bridgehead atoms. The van der Waals surface area contributed by atoms with E-state index in [9.17, 15) is 45.4 Å². The monoisotopic (exact) mass is 595 g/mol. The van der Waals surface area contributed by atoms with Crippen LogP contribution in [0.25, 0.3) is 22.0 Å². The number of aryl methyl sites for hydroxylation is 1. The first kappa shape index (κ1) is 30.7. The van der Waals surface area contributed by atoms with Gasteiger partial charge < -0.3 is 15.0 Å². The number of alkyl halides is 6. The lowest BCUT2D eigenvalue weighted by Gasteiger charge is -2.21. The van der Waals surface area contributed by atoms with E-state index in [1.807, 2.05) is 0 Å². The predicted molar refractivity (Wildman–Crippen MR) is 140 cm³/mol. The van der Waals surface area contributed by atoms with Gasteiger partial charge in [-0.3, -0.25) is 14.6 Å². The number of aliphatic hydroxyl groups excluding tert-OH is 1. The van der Waals surface area contributed by atoms with Gasteiger partial charge in [-0.2, -0.15) is 26.3 Å². The lowest BCUT2D eigenvalue weighted by atomic mass is 9.98. The minimum absolute atomic E-state index is 0.0246. The first-order valence-electron chi connectivity index (χ1n) is 12.6. The number of hydrogen-bond acceptors (Lipinski definition) is 4. The second kappa shape index (κ2) is 11.6. The highest BCUT2D eigenvalue weighted by Gasteiger charge is 2.37. The van der Waals surface area contributed by atoms with Crippen LogP contribution in [0, 0.1) is 18.7 Å². The fourth-order valence-electron chi connectivity index (χ4n) is 4.47. The van der Waals surface area contributed by atoms with Crippen molar-refractivity contribution in [3.8, 4) is 11.1 Å². The fraction of sp³-hybridized carbons (Fsp3) is 0.276. The molecule has 42 heavy (non-hydrogen) atoms. The van der Waals surface area contributed by atoms with Crippen LogP contribution in [-0.4, -0.2) is 27.2 Å². The lowest BCUT2D eigenvalue weighted by molar-refractivity contribution is -0.143. The molecule has 0 saturated heterocycles. The number of hydrogen-bond donors (Lipinski definition) is 2. The smallest absolute Gasteiger partial charge is 0.396 e. The molecule has 4 rings (SSSR count). The van der Waals surface area contributed by atoms with Crippen molar-refractivity contribution in [3.05, 3.63) is 98.8 Å². The van der Waals surface area contributed by atoms with Crippen LogP contribution in [0.4, 0.5) is 30.7 Å². The molecule has 0 aliphatic heterocycles. The highest BCUT2D eigenvalue weighted by Crippen LogP contribution is 2.36. The van der Waals surface area contributed by atoms with E-state index in [1.165, 1.54) is 18.2 Å². The summed E-state index contributed by atoms with van der Waals surface area (Å²) in [6, 6.07) is 8.95. The Morgan fingerprint density at radius 1 is 0.976 bits per heavy atom. The zero-order valence-electron chi connectivity index (χ0n) is 22.2. The summed E-state index contributed by atoms with van der Waals surface area (Å²) in [4.78, 5) is 31.8. The van der Waals surface area contributed by atoms with Gasteiger partial charge in [0.05, 0.1) is 22.0 Å². The number of nitrogens with zero attached hydrogens (tertiary/aromatic N) is 2. The predicted octanol–water partition coefficient (Wildman–Crippen LogP) is 6.11. The number of nitrogens with one attached hydrogen (secondary N) is 1. The van der Waals surface area contributed by atoms with Gasteiger partial charge in [0.2, 0.25) is 0 Å². The van der Waals surface area contributed by atoms with E-state index in [0.717, 1.165) is 16.7 Å². The number of benzene rings is 2. The number of rotatable bonds is 7. The van der Waals surface area contributed by atoms with Crippen molar-refractivity contribution in [1.82, 2.24) is 14.9 Å². The van der Waals surface area contributed by atoms with Crippen molar-refractivity contribution in [2.75, 3.05) is 6.61 Å². The summed E-state index contributed by atoms with van der Waals surface area (Å²) in [5.74, 6) is -2.14. The Kier molecular flexibility index (Phi) is 8.44. The Balaban J connectivity index is 1.91. The average Bonchev–Trinajstić information content (AvgIpc) is 2.92. The molecule has 0 saturated carbocycles. The third-order valence-corrected chi connectivity index (χ3v) is 6.51. The number of amides is 1. The first-order valence-corrected chi connectivity index (χ1v) is 12.6. The van der Waals surface area contributed by atoms with E-state index < -0.39 is 58.8 Å². The van der Waals surface area contributed by atoms with Gasteiger partial charge in [0.1, 0.15) is 11.5 Å². The van der Waals surface area contributed by atoms with E-state index in [2.05, 4.69) is 10.3 Å². The normalized spacial score (nSPS) is 12.9. The molecule has 0 fully saturated rings. The summed E-state index contributed by atoms with van der Waals surface area (Å²) in [6.07, 6.45) is -10.2. The minimum atomic E-state index is -5.08. The maximum absolute atomic E-state index is 13.8. The Morgan fingerprint density at radius 2 is 1.57 bits per heavy atom. The Hall–Kier alpha value is -4.26. The zero-order chi connectivity index (χ0) is 31.0. The molecule has 2 aromatic heterocycles. The van der Waals surface area contributed by atoms with Crippen molar-refractivity contribution in [2.24, 2.45) is 5.92 Å². The van der Waals surface area contributed by atoms with Crippen molar-refractivity contribution in [3.63, 3.8) is 0 Å². The topological polar surface area (TPSA) is 84.2 Å². The molecule has 0 aliphatic carbocycles. The van der Waals surface area contributed by atoms with E-state index in [-0.39, 0.29) is 46.9 Å². The van der Waals surface area contributed by atoms with Gasteiger partial charge in [-0.1, -0.05) is 19.1 Å². The summed E-state index contributed by atoms with van der Waals surface area (Å²) in [5, 5.41) is 12.1. The highest BCUT2D eigenvalue weighted by molar-refractivity contribution is 6.07. The quantitative estimate of drug-likeness (QED) is 0.253. The summed E-state index contributed by atoms with van der Waals surface area (Å²) < 4.78 is 95.0. The average molecular weight is 596 g/mol. The number of aromatic nitrogens is 2. The molecule has 1 atom stereocenters. The molecule has 4 aromatic rings. The molecular weight excluding hydrogens is 571 g/mol. The van der Waals surface area contributed by atoms with Crippen LogP contribution in [0.15, 0.2) is 59.4 Å². The van der Waals surface area contributed by atoms with Crippen LogP contribution in [0.1, 0.15) is 39.8 Å². The number of carbonyl (C=O) groups excluding carboxylic acids is 1. The van der Waals surface area contributed by atoms with Gasteiger partial charge in [0.25, 0.3) is 11.5 Å². The number of pyridine rings is 2. The van der Waals surface area contributed by atoms with Crippen LogP contribution >= 0.6 is 0 Å². The van der Waals surface area contributed by atoms with Crippen LogP contribution < -0.4 is 10.9 Å². The molecule has 0 aliphatic rings. The maximum Gasteiger partial charge on any atom is 0.416 e. The number of halogens is 7. The molecular formula is C29H24F7N3O3. The van der Waals surface area contributed by atoms with Crippen molar-refractivity contribution in [1.29, 1.82) is 0 Å². The van der Waals surface area contributed by atoms with E-state index >= 15 is 0 Å². The molecule has 0 radical (unpaired) electrons. The number of fused-ring (bicyclic) bond motifs is 1. The highest BCUT2D eigenvalue weighted by atomic mass is 19.4. The second-order valence-corrected chi connectivity index (χ2v) is 9.88. The third kappa shape index (κ3) is 6.46. The summed E-state index contributed by atoms with van der Waals surface area (Å²) in [6.45, 7) is 1.95. The van der Waals surface area contributed by atoms with E-state index in [0.29, 0.717) is 17.8 Å². The standard InChI is InChI=1S/C29H24F7N3O3/c1-15(14-40)13-39-25(26(41)37-12-17-9-19(28(31,32)33)11-20(10-17)29(34,35)36)23(18-4-6-21(30)7-5-18)24-22(27(39)42)8-3-16(2)38-24/h3-11,15,40H,12-14H2,1-2H3,(H,37,41)/t15-/m1/s1. The molecule has 222 valence electrons. The van der Waals surface area contributed by atoms with E-state index in [4.69, 9.17) is 0 Å².